The molecule has 1 aliphatic rings. The summed E-state index contributed by atoms with van der Waals surface area (Å²) in [6, 6.07) is 59.9. The fourth-order valence-electron chi connectivity index (χ4n) is 5.51. The van der Waals surface area contributed by atoms with Gasteiger partial charge in [-0.2, -0.15) is 0 Å². The summed E-state index contributed by atoms with van der Waals surface area (Å²) in [7, 11) is 0. The molecule has 8 rings (SSSR count). The minimum atomic E-state index is 1.07. The van der Waals surface area contributed by atoms with Gasteiger partial charge in [0.25, 0.3) is 0 Å². The van der Waals surface area contributed by atoms with Crippen LogP contribution in [0.3, 0.4) is 0 Å². The standard InChI is InChI=1S/C26H18.C12H10.C4H7N/c1-3-9-19(10-4-1)23-15-7-13-21-18-26-22(17-25(21)23)14-8-16-24(26)20-11-5-2-6-12-20;1-3-7-11(8-4-1)12-9-5-2-6-10-12;1-2-4-5-3-1/h1-18H;1-10H;3H,1-2,4H2. The Kier molecular flexibility index (Phi) is 9.12. The molecule has 1 nitrogen and oxygen atoms in total. The van der Waals surface area contributed by atoms with Crippen molar-refractivity contribution in [1.29, 1.82) is 0 Å². The van der Waals surface area contributed by atoms with Crippen molar-refractivity contribution in [2.75, 3.05) is 6.54 Å². The lowest BCUT2D eigenvalue weighted by molar-refractivity contribution is 0.952. The molecule has 1 heteroatoms. The van der Waals surface area contributed by atoms with E-state index in [-0.39, 0.29) is 0 Å². The molecule has 208 valence electrons. The van der Waals surface area contributed by atoms with Crippen LogP contribution in [0.1, 0.15) is 12.8 Å². The van der Waals surface area contributed by atoms with E-state index in [2.05, 4.69) is 163 Å². The van der Waals surface area contributed by atoms with Crippen LogP contribution in [0.2, 0.25) is 0 Å². The van der Waals surface area contributed by atoms with Gasteiger partial charge >= 0.3 is 0 Å². The van der Waals surface area contributed by atoms with Crippen LogP contribution in [-0.4, -0.2) is 12.8 Å². The van der Waals surface area contributed by atoms with Gasteiger partial charge in [0.2, 0.25) is 0 Å². The lowest BCUT2D eigenvalue weighted by Gasteiger charge is -2.12. The van der Waals surface area contributed by atoms with E-state index in [0.717, 1.165) is 6.54 Å². The van der Waals surface area contributed by atoms with Gasteiger partial charge in [-0.25, -0.2) is 0 Å². The minimum absolute atomic E-state index is 1.07. The molecule has 0 saturated carbocycles. The fraction of sp³-hybridized carbons (Fsp3) is 0.0714. The van der Waals surface area contributed by atoms with E-state index in [1.54, 1.807) is 0 Å². The molecule has 1 heterocycles. The van der Waals surface area contributed by atoms with E-state index in [9.17, 15) is 0 Å². The highest BCUT2D eigenvalue weighted by Gasteiger charge is 2.08. The Balaban J connectivity index is 0.000000159. The second-order valence-electron chi connectivity index (χ2n) is 10.6. The number of hydrogen-bond donors (Lipinski definition) is 0. The molecule has 0 atom stereocenters. The first kappa shape index (κ1) is 27.9. The summed E-state index contributed by atoms with van der Waals surface area (Å²) in [6.07, 6.45) is 4.47. The predicted molar refractivity (Wildman–Crippen MR) is 187 cm³/mol. The van der Waals surface area contributed by atoms with Crippen LogP contribution < -0.4 is 0 Å². The van der Waals surface area contributed by atoms with Crippen LogP contribution in [0.4, 0.5) is 0 Å². The first-order chi connectivity index (χ1) is 21.4. The third kappa shape index (κ3) is 6.97. The van der Waals surface area contributed by atoms with Gasteiger partial charge in [0.1, 0.15) is 0 Å². The van der Waals surface area contributed by atoms with Crippen molar-refractivity contribution in [2.45, 2.75) is 12.8 Å². The van der Waals surface area contributed by atoms with Gasteiger partial charge in [0, 0.05) is 6.54 Å². The number of aliphatic imine (C=N–C) groups is 1. The first-order valence-corrected chi connectivity index (χ1v) is 15.0. The average Bonchev–Trinajstić information content (AvgIpc) is 3.70. The molecule has 0 spiro atoms. The summed E-state index contributed by atoms with van der Waals surface area (Å²) >= 11 is 0. The SMILES string of the molecule is C1=NCCC1.c1ccc(-c2cccc3cc4c(-c5ccccc5)cccc4cc23)cc1.c1ccc(-c2ccccc2)cc1. The Morgan fingerprint density at radius 3 is 1.09 bits per heavy atom. The van der Waals surface area contributed by atoms with Gasteiger partial charge < -0.3 is 0 Å². The molecule has 0 aromatic heterocycles. The van der Waals surface area contributed by atoms with Crippen molar-refractivity contribution in [1.82, 2.24) is 0 Å². The molecule has 0 unspecified atom stereocenters. The summed E-state index contributed by atoms with van der Waals surface area (Å²) in [5.74, 6) is 0. The summed E-state index contributed by atoms with van der Waals surface area (Å²) in [5, 5.41) is 5.16. The monoisotopic (exact) mass is 553 g/mol. The molecule has 0 saturated heterocycles. The predicted octanol–water partition coefficient (Wildman–Crippen LogP) is 11.5. The van der Waals surface area contributed by atoms with Crippen LogP contribution in [0.5, 0.6) is 0 Å². The number of fused-ring (bicyclic) bond motifs is 2. The summed E-state index contributed by atoms with van der Waals surface area (Å²) < 4.78 is 0. The largest absolute Gasteiger partial charge is 0.298 e. The maximum atomic E-state index is 3.96. The minimum Gasteiger partial charge on any atom is -0.298 e. The quantitative estimate of drug-likeness (QED) is 0.193. The van der Waals surface area contributed by atoms with Crippen LogP contribution in [0.15, 0.2) is 175 Å². The van der Waals surface area contributed by atoms with Crippen molar-refractivity contribution in [2.24, 2.45) is 4.99 Å². The third-order valence-electron chi connectivity index (χ3n) is 7.68. The zero-order chi connectivity index (χ0) is 29.1. The zero-order valence-corrected chi connectivity index (χ0v) is 24.3. The molecule has 0 aliphatic carbocycles. The van der Waals surface area contributed by atoms with E-state index < -0.39 is 0 Å². The van der Waals surface area contributed by atoms with Crippen molar-refractivity contribution >= 4 is 27.8 Å². The molecule has 0 amide bonds. The van der Waals surface area contributed by atoms with Gasteiger partial charge in [-0.3, -0.25) is 4.99 Å². The highest BCUT2D eigenvalue weighted by molar-refractivity contribution is 6.08. The zero-order valence-electron chi connectivity index (χ0n) is 24.3. The molecule has 0 fully saturated rings. The average molecular weight is 554 g/mol. The smallest absolute Gasteiger partial charge is 0.0388 e. The summed E-state index contributed by atoms with van der Waals surface area (Å²) in [6.45, 7) is 1.07. The number of benzene rings is 7. The maximum absolute atomic E-state index is 3.96. The van der Waals surface area contributed by atoms with E-state index >= 15 is 0 Å². The maximum Gasteiger partial charge on any atom is 0.0388 e. The Bertz CT molecular complexity index is 1770. The summed E-state index contributed by atoms with van der Waals surface area (Å²) in [5.41, 5.74) is 7.65. The van der Waals surface area contributed by atoms with Crippen LogP contribution in [-0.2, 0) is 0 Å². The van der Waals surface area contributed by atoms with Crippen LogP contribution >= 0.6 is 0 Å². The van der Waals surface area contributed by atoms with E-state index in [1.807, 2.05) is 18.3 Å². The molecule has 1 aliphatic heterocycles. The van der Waals surface area contributed by atoms with Crippen molar-refractivity contribution in [3.63, 3.8) is 0 Å². The Labute approximate surface area is 254 Å². The van der Waals surface area contributed by atoms with E-state index in [4.69, 9.17) is 0 Å². The number of hydrogen-bond acceptors (Lipinski definition) is 1. The third-order valence-corrected chi connectivity index (χ3v) is 7.68. The van der Waals surface area contributed by atoms with Gasteiger partial charge in [-0.05, 0) is 86.1 Å². The molecule has 0 radical (unpaired) electrons. The van der Waals surface area contributed by atoms with E-state index in [1.165, 1.54) is 67.8 Å². The molecule has 7 aromatic rings. The van der Waals surface area contributed by atoms with Crippen molar-refractivity contribution in [3.8, 4) is 33.4 Å². The van der Waals surface area contributed by atoms with Crippen molar-refractivity contribution < 1.29 is 0 Å². The molecular weight excluding hydrogens is 518 g/mol. The lowest BCUT2D eigenvalue weighted by atomic mass is 9.92. The normalized spacial score (nSPS) is 11.8. The van der Waals surface area contributed by atoms with Crippen LogP contribution in [0, 0.1) is 0 Å². The fourth-order valence-corrected chi connectivity index (χ4v) is 5.51. The summed E-state index contributed by atoms with van der Waals surface area (Å²) in [4.78, 5) is 3.96. The second kappa shape index (κ2) is 14.1. The molecule has 43 heavy (non-hydrogen) atoms. The van der Waals surface area contributed by atoms with E-state index in [0.29, 0.717) is 0 Å². The lowest BCUT2D eigenvalue weighted by Crippen LogP contribution is -1.85. The molecular formula is C42H35N. The Hall–Kier alpha value is -5.27. The molecule has 0 bridgehead atoms. The first-order valence-electron chi connectivity index (χ1n) is 15.0. The highest BCUT2D eigenvalue weighted by atomic mass is 14.7. The van der Waals surface area contributed by atoms with Gasteiger partial charge in [0.15, 0.2) is 0 Å². The van der Waals surface area contributed by atoms with Gasteiger partial charge in [0.05, 0.1) is 0 Å². The molecule has 7 aromatic carbocycles. The highest BCUT2D eigenvalue weighted by Crippen LogP contribution is 2.35. The number of rotatable bonds is 3. The number of nitrogens with zero attached hydrogens (tertiary/aromatic N) is 1. The van der Waals surface area contributed by atoms with Gasteiger partial charge in [-0.1, -0.05) is 158 Å². The Morgan fingerprint density at radius 1 is 0.372 bits per heavy atom. The Morgan fingerprint density at radius 2 is 0.767 bits per heavy atom. The molecule has 0 N–H and O–H groups in total. The van der Waals surface area contributed by atoms with Crippen molar-refractivity contribution in [3.05, 3.63) is 170 Å². The van der Waals surface area contributed by atoms with Crippen LogP contribution in [0.25, 0.3) is 54.9 Å². The van der Waals surface area contributed by atoms with Gasteiger partial charge in [-0.15, -0.1) is 0 Å². The second-order valence-corrected chi connectivity index (χ2v) is 10.6. The topological polar surface area (TPSA) is 12.4 Å².